The van der Waals surface area contributed by atoms with Gasteiger partial charge in [-0.1, -0.05) is 19.3 Å². The Morgan fingerprint density at radius 1 is 1.38 bits per heavy atom. The third-order valence-electron chi connectivity index (χ3n) is 3.17. The molecule has 16 heavy (non-hydrogen) atoms. The average molecular weight is 228 g/mol. The highest BCUT2D eigenvalue weighted by atomic mass is 16.4. The summed E-state index contributed by atoms with van der Waals surface area (Å²) in [5, 5.41) is 8.73. The summed E-state index contributed by atoms with van der Waals surface area (Å²) in [5.74, 6) is -0.894. The van der Waals surface area contributed by atoms with Crippen LogP contribution in [-0.4, -0.2) is 34.1 Å². The van der Waals surface area contributed by atoms with E-state index in [9.17, 15) is 9.59 Å². The molecule has 5 nitrogen and oxygen atoms in total. The molecule has 0 radical (unpaired) electrons. The molecule has 0 bridgehead atoms. The first-order valence-corrected chi connectivity index (χ1v) is 5.82. The maximum Gasteiger partial charge on any atom is 0.315 e. The number of hydrogen-bond donors (Lipinski definition) is 2. The zero-order valence-electron chi connectivity index (χ0n) is 9.69. The summed E-state index contributed by atoms with van der Waals surface area (Å²) in [4.78, 5) is 23.6. The van der Waals surface area contributed by atoms with Gasteiger partial charge in [-0.2, -0.15) is 0 Å². The standard InChI is InChI=1S/C11H20N2O3/c1-8(7-10(14)15)13(11(12)16)9-5-3-2-4-6-9/h8-9H,2-7H2,1H3,(H2,12,16)(H,14,15). The predicted molar refractivity (Wildman–Crippen MR) is 60.0 cm³/mol. The topological polar surface area (TPSA) is 83.6 Å². The lowest BCUT2D eigenvalue weighted by atomic mass is 9.93. The van der Waals surface area contributed by atoms with Gasteiger partial charge in [0.1, 0.15) is 0 Å². The van der Waals surface area contributed by atoms with Crippen molar-refractivity contribution in [1.29, 1.82) is 0 Å². The Kier molecular flexibility index (Phi) is 4.58. The summed E-state index contributed by atoms with van der Waals surface area (Å²) < 4.78 is 0. The van der Waals surface area contributed by atoms with Gasteiger partial charge in [-0.15, -0.1) is 0 Å². The van der Waals surface area contributed by atoms with Gasteiger partial charge in [-0.25, -0.2) is 4.79 Å². The summed E-state index contributed by atoms with van der Waals surface area (Å²) in [6.07, 6.45) is 5.21. The zero-order chi connectivity index (χ0) is 12.1. The van der Waals surface area contributed by atoms with Crippen LogP contribution in [0.3, 0.4) is 0 Å². The first-order chi connectivity index (χ1) is 7.52. The predicted octanol–water partition coefficient (Wildman–Crippen LogP) is 1.56. The van der Waals surface area contributed by atoms with Crippen LogP contribution in [0.5, 0.6) is 0 Å². The molecular weight excluding hydrogens is 208 g/mol. The second-order valence-corrected chi connectivity index (χ2v) is 4.48. The number of carboxylic acid groups (broad SMARTS) is 1. The molecule has 0 heterocycles. The van der Waals surface area contributed by atoms with Gasteiger partial charge in [-0.05, 0) is 19.8 Å². The number of nitrogens with zero attached hydrogens (tertiary/aromatic N) is 1. The first kappa shape index (κ1) is 12.8. The molecule has 1 unspecified atom stereocenters. The third kappa shape index (κ3) is 3.40. The molecule has 5 heteroatoms. The maximum atomic E-state index is 11.4. The van der Waals surface area contributed by atoms with Crippen LogP contribution < -0.4 is 5.73 Å². The van der Waals surface area contributed by atoms with E-state index in [0.29, 0.717) is 0 Å². The lowest BCUT2D eigenvalue weighted by Gasteiger charge is -2.36. The molecule has 1 atom stereocenters. The largest absolute Gasteiger partial charge is 0.481 e. The molecule has 0 aliphatic heterocycles. The molecule has 1 saturated carbocycles. The minimum Gasteiger partial charge on any atom is -0.481 e. The quantitative estimate of drug-likeness (QED) is 0.766. The van der Waals surface area contributed by atoms with Crippen molar-refractivity contribution < 1.29 is 14.7 Å². The van der Waals surface area contributed by atoms with Gasteiger partial charge in [0.05, 0.1) is 6.42 Å². The fourth-order valence-corrected chi connectivity index (χ4v) is 2.47. The van der Waals surface area contributed by atoms with E-state index >= 15 is 0 Å². The number of urea groups is 1. The molecule has 0 spiro atoms. The van der Waals surface area contributed by atoms with Crippen LogP contribution in [0.25, 0.3) is 0 Å². The van der Waals surface area contributed by atoms with Crippen molar-refractivity contribution in [2.75, 3.05) is 0 Å². The molecule has 1 rings (SSSR count). The fourth-order valence-electron chi connectivity index (χ4n) is 2.47. The van der Waals surface area contributed by atoms with Crippen LogP contribution in [-0.2, 0) is 4.79 Å². The molecule has 2 amide bonds. The molecule has 0 saturated heterocycles. The van der Waals surface area contributed by atoms with Gasteiger partial charge >= 0.3 is 12.0 Å². The van der Waals surface area contributed by atoms with Gasteiger partial charge in [0.15, 0.2) is 0 Å². The van der Waals surface area contributed by atoms with Crippen molar-refractivity contribution in [1.82, 2.24) is 4.90 Å². The molecule has 1 fully saturated rings. The van der Waals surface area contributed by atoms with E-state index in [1.165, 1.54) is 6.42 Å². The van der Waals surface area contributed by atoms with Crippen molar-refractivity contribution in [3.8, 4) is 0 Å². The molecule has 1 aliphatic carbocycles. The van der Waals surface area contributed by atoms with Gasteiger partial charge in [0.25, 0.3) is 0 Å². The normalized spacial score (nSPS) is 19.1. The van der Waals surface area contributed by atoms with E-state index in [-0.39, 0.29) is 18.5 Å². The van der Waals surface area contributed by atoms with Gasteiger partial charge < -0.3 is 15.7 Å². The average Bonchev–Trinajstić information content (AvgIpc) is 2.17. The van der Waals surface area contributed by atoms with Crippen LogP contribution in [0.4, 0.5) is 4.79 Å². The number of carboxylic acids is 1. The maximum absolute atomic E-state index is 11.4. The lowest BCUT2D eigenvalue weighted by molar-refractivity contribution is -0.138. The summed E-state index contributed by atoms with van der Waals surface area (Å²) in [5.41, 5.74) is 5.34. The van der Waals surface area contributed by atoms with E-state index < -0.39 is 12.0 Å². The van der Waals surface area contributed by atoms with Crippen LogP contribution in [0.2, 0.25) is 0 Å². The smallest absolute Gasteiger partial charge is 0.315 e. The van der Waals surface area contributed by atoms with Crippen LogP contribution in [0.15, 0.2) is 0 Å². The second kappa shape index (κ2) is 5.72. The summed E-state index contributed by atoms with van der Waals surface area (Å²) in [7, 11) is 0. The number of nitrogens with two attached hydrogens (primary N) is 1. The molecule has 0 aromatic rings. The molecular formula is C11H20N2O3. The van der Waals surface area contributed by atoms with Crippen LogP contribution in [0, 0.1) is 0 Å². The molecule has 0 aromatic carbocycles. The second-order valence-electron chi connectivity index (χ2n) is 4.48. The SMILES string of the molecule is CC(CC(=O)O)N(C(N)=O)C1CCCCC1. The van der Waals surface area contributed by atoms with Gasteiger partial charge in [-0.3, -0.25) is 4.79 Å². The molecule has 92 valence electrons. The van der Waals surface area contributed by atoms with Crippen molar-refractivity contribution in [3.63, 3.8) is 0 Å². The monoisotopic (exact) mass is 228 g/mol. The number of primary amides is 1. The molecule has 3 N–H and O–H groups in total. The van der Waals surface area contributed by atoms with E-state index in [1.807, 2.05) is 0 Å². The highest BCUT2D eigenvalue weighted by Gasteiger charge is 2.28. The summed E-state index contributed by atoms with van der Waals surface area (Å²) in [6, 6.07) is -0.695. The van der Waals surface area contributed by atoms with Crippen molar-refractivity contribution in [3.05, 3.63) is 0 Å². The molecule has 1 aliphatic rings. The Morgan fingerprint density at radius 2 is 1.94 bits per heavy atom. The third-order valence-corrected chi connectivity index (χ3v) is 3.17. The highest BCUT2D eigenvalue weighted by molar-refractivity contribution is 5.74. The van der Waals surface area contributed by atoms with Crippen molar-refractivity contribution in [2.24, 2.45) is 5.73 Å². The minimum atomic E-state index is -0.894. The first-order valence-electron chi connectivity index (χ1n) is 5.82. The Balaban J connectivity index is 2.65. The number of amides is 2. The summed E-state index contributed by atoms with van der Waals surface area (Å²) >= 11 is 0. The number of carbonyl (C=O) groups is 2. The van der Waals surface area contributed by atoms with E-state index in [4.69, 9.17) is 10.8 Å². The minimum absolute atomic E-state index is 0.0422. The number of hydrogen-bond acceptors (Lipinski definition) is 2. The van der Waals surface area contributed by atoms with E-state index in [0.717, 1.165) is 25.7 Å². The van der Waals surface area contributed by atoms with Gasteiger partial charge in [0, 0.05) is 12.1 Å². The Bertz CT molecular complexity index is 262. The van der Waals surface area contributed by atoms with Crippen molar-refractivity contribution >= 4 is 12.0 Å². The van der Waals surface area contributed by atoms with E-state index in [1.54, 1.807) is 11.8 Å². The molecule has 0 aromatic heterocycles. The Labute approximate surface area is 95.6 Å². The zero-order valence-corrected chi connectivity index (χ0v) is 9.69. The Hall–Kier alpha value is -1.26. The number of carbonyl (C=O) groups excluding carboxylic acids is 1. The Morgan fingerprint density at radius 3 is 2.38 bits per heavy atom. The van der Waals surface area contributed by atoms with Gasteiger partial charge in [0.2, 0.25) is 0 Å². The lowest BCUT2D eigenvalue weighted by Crippen LogP contribution is -2.50. The van der Waals surface area contributed by atoms with E-state index in [2.05, 4.69) is 0 Å². The number of rotatable bonds is 4. The van der Waals surface area contributed by atoms with Crippen LogP contribution >= 0.6 is 0 Å². The highest BCUT2D eigenvalue weighted by Crippen LogP contribution is 2.24. The van der Waals surface area contributed by atoms with Crippen LogP contribution in [0.1, 0.15) is 45.4 Å². The number of aliphatic carboxylic acids is 1. The summed E-state index contributed by atoms with van der Waals surface area (Å²) in [6.45, 7) is 1.74. The van der Waals surface area contributed by atoms with Crippen molar-refractivity contribution in [2.45, 2.75) is 57.5 Å². The fraction of sp³-hybridized carbons (Fsp3) is 0.818.